The zero-order valence-corrected chi connectivity index (χ0v) is 15.6. The number of amides is 1. The lowest BCUT2D eigenvalue weighted by Gasteiger charge is -2.20. The average Bonchev–Trinajstić information content (AvgIpc) is 2.79. The Hall–Kier alpha value is -3.99. The standard InChI is InChI=1S/C24H19N3O2/c28-22-17-16-21(26-27(22)20-14-8-3-9-15-20)24(29)25-23(18-10-4-1-5-11-18)19-12-6-2-7-13-19/h1-17,23H,(H,25,29). The lowest BCUT2D eigenvalue weighted by molar-refractivity contribution is 0.0936. The quantitative estimate of drug-likeness (QED) is 0.573. The Labute approximate surface area is 168 Å². The van der Waals surface area contributed by atoms with Crippen LogP contribution in [-0.2, 0) is 0 Å². The van der Waals surface area contributed by atoms with Crippen molar-refractivity contribution in [2.75, 3.05) is 0 Å². The number of carbonyl (C=O) groups excluding carboxylic acids is 1. The van der Waals surface area contributed by atoms with Crippen LogP contribution in [0.15, 0.2) is 108 Å². The van der Waals surface area contributed by atoms with Crippen molar-refractivity contribution < 1.29 is 4.79 Å². The van der Waals surface area contributed by atoms with Crippen LogP contribution >= 0.6 is 0 Å². The number of rotatable bonds is 5. The Bertz CT molecular complexity index is 1120. The third-order valence-electron chi connectivity index (χ3n) is 4.57. The topological polar surface area (TPSA) is 64.0 Å². The van der Waals surface area contributed by atoms with Gasteiger partial charge in [-0.1, -0.05) is 78.9 Å². The molecule has 0 aliphatic heterocycles. The second-order valence-electron chi connectivity index (χ2n) is 6.53. The van der Waals surface area contributed by atoms with Gasteiger partial charge in [0.15, 0.2) is 0 Å². The van der Waals surface area contributed by atoms with E-state index >= 15 is 0 Å². The highest BCUT2D eigenvalue weighted by molar-refractivity contribution is 5.92. The van der Waals surface area contributed by atoms with Crippen molar-refractivity contribution >= 4 is 5.91 Å². The van der Waals surface area contributed by atoms with E-state index in [-0.39, 0.29) is 23.2 Å². The molecule has 0 aliphatic rings. The molecule has 0 atom stereocenters. The van der Waals surface area contributed by atoms with Gasteiger partial charge in [-0.15, -0.1) is 0 Å². The SMILES string of the molecule is O=C(NC(c1ccccc1)c1ccccc1)c1ccc(=O)n(-c2ccccc2)n1. The summed E-state index contributed by atoms with van der Waals surface area (Å²) in [6.45, 7) is 0. The predicted octanol–water partition coefficient (Wildman–Crippen LogP) is 3.75. The lowest BCUT2D eigenvalue weighted by Crippen LogP contribution is -2.32. The van der Waals surface area contributed by atoms with E-state index in [0.29, 0.717) is 5.69 Å². The van der Waals surface area contributed by atoms with Crippen molar-refractivity contribution in [2.45, 2.75) is 6.04 Å². The summed E-state index contributed by atoms with van der Waals surface area (Å²) in [7, 11) is 0. The molecule has 0 spiro atoms. The number of benzene rings is 3. The van der Waals surface area contributed by atoms with Gasteiger partial charge in [0.25, 0.3) is 11.5 Å². The number of hydrogen-bond donors (Lipinski definition) is 1. The smallest absolute Gasteiger partial charge is 0.272 e. The van der Waals surface area contributed by atoms with Crippen molar-refractivity contribution in [3.63, 3.8) is 0 Å². The molecule has 29 heavy (non-hydrogen) atoms. The second kappa shape index (κ2) is 8.35. The highest BCUT2D eigenvalue weighted by Crippen LogP contribution is 2.22. The van der Waals surface area contributed by atoms with E-state index in [4.69, 9.17) is 0 Å². The molecule has 0 fully saturated rings. The van der Waals surface area contributed by atoms with E-state index in [1.165, 1.54) is 16.8 Å². The number of carbonyl (C=O) groups is 1. The Morgan fingerprint density at radius 3 is 1.79 bits per heavy atom. The highest BCUT2D eigenvalue weighted by Gasteiger charge is 2.19. The van der Waals surface area contributed by atoms with Gasteiger partial charge in [0.1, 0.15) is 5.69 Å². The van der Waals surface area contributed by atoms with Crippen molar-refractivity contribution in [2.24, 2.45) is 0 Å². The Balaban J connectivity index is 1.68. The largest absolute Gasteiger partial charge is 0.340 e. The normalized spacial score (nSPS) is 10.7. The van der Waals surface area contributed by atoms with E-state index in [9.17, 15) is 9.59 Å². The van der Waals surface area contributed by atoms with Crippen LogP contribution in [0.3, 0.4) is 0 Å². The van der Waals surface area contributed by atoms with E-state index in [0.717, 1.165) is 11.1 Å². The third-order valence-corrected chi connectivity index (χ3v) is 4.57. The zero-order valence-electron chi connectivity index (χ0n) is 15.6. The molecule has 5 nitrogen and oxygen atoms in total. The van der Waals surface area contributed by atoms with Crippen molar-refractivity contribution in [3.8, 4) is 5.69 Å². The molecule has 0 bridgehead atoms. The Morgan fingerprint density at radius 2 is 1.24 bits per heavy atom. The second-order valence-corrected chi connectivity index (χ2v) is 6.53. The van der Waals surface area contributed by atoms with Gasteiger partial charge in [0, 0.05) is 6.07 Å². The van der Waals surface area contributed by atoms with Crippen LogP contribution in [0.5, 0.6) is 0 Å². The molecular formula is C24H19N3O2. The van der Waals surface area contributed by atoms with Gasteiger partial charge in [-0.05, 0) is 29.3 Å². The average molecular weight is 381 g/mol. The summed E-state index contributed by atoms with van der Waals surface area (Å²) in [6.07, 6.45) is 0. The molecule has 1 aromatic heterocycles. The predicted molar refractivity (Wildman–Crippen MR) is 112 cm³/mol. The molecular weight excluding hydrogens is 362 g/mol. The van der Waals surface area contributed by atoms with E-state index in [2.05, 4.69) is 10.4 Å². The molecule has 4 aromatic rings. The first-order valence-corrected chi connectivity index (χ1v) is 9.29. The van der Waals surface area contributed by atoms with E-state index in [1.807, 2.05) is 78.9 Å². The molecule has 1 N–H and O–H groups in total. The fraction of sp³-hybridized carbons (Fsp3) is 0.0417. The Kier molecular flexibility index (Phi) is 5.29. The molecule has 1 heterocycles. The summed E-state index contributed by atoms with van der Waals surface area (Å²) < 4.78 is 1.23. The van der Waals surface area contributed by atoms with E-state index < -0.39 is 0 Å². The van der Waals surface area contributed by atoms with Gasteiger partial charge in [-0.25, -0.2) is 0 Å². The summed E-state index contributed by atoms with van der Waals surface area (Å²) in [5.74, 6) is -0.354. The van der Waals surface area contributed by atoms with Gasteiger partial charge >= 0.3 is 0 Å². The van der Waals surface area contributed by atoms with Gasteiger partial charge < -0.3 is 5.32 Å². The summed E-state index contributed by atoms with van der Waals surface area (Å²) in [6, 6.07) is 31.0. The number of aromatic nitrogens is 2. The highest BCUT2D eigenvalue weighted by atomic mass is 16.2. The molecule has 0 saturated heterocycles. The Morgan fingerprint density at radius 1 is 0.724 bits per heavy atom. The number of hydrogen-bond acceptors (Lipinski definition) is 3. The summed E-state index contributed by atoms with van der Waals surface area (Å²) >= 11 is 0. The first-order chi connectivity index (χ1) is 14.2. The maximum atomic E-state index is 13.0. The van der Waals surface area contributed by atoms with Crippen molar-refractivity contribution in [3.05, 3.63) is 130 Å². The molecule has 142 valence electrons. The van der Waals surface area contributed by atoms with Crippen LogP contribution in [0.4, 0.5) is 0 Å². The molecule has 4 rings (SSSR count). The fourth-order valence-corrected chi connectivity index (χ4v) is 3.14. The van der Waals surface area contributed by atoms with Crippen LogP contribution in [0.25, 0.3) is 5.69 Å². The van der Waals surface area contributed by atoms with Crippen molar-refractivity contribution in [1.82, 2.24) is 15.1 Å². The maximum Gasteiger partial charge on any atom is 0.272 e. The number of nitrogens with one attached hydrogen (secondary N) is 1. The van der Waals surface area contributed by atoms with Gasteiger partial charge in [0.2, 0.25) is 0 Å². The van der Waals surface area contributed by atoms with E-state index in [1.54, 1.807) is 12.1 Å². The third kappa shape index (κ3) is 4.14. The molecule has 0 unspecified atom stereocenters. The minimum absolute atomic E-state index is 0.172. The summed E-state index contributed by atoms with van der Waals surface area (Å²) in [5.41, 5.74) is 2.41. The molecule has 1 amide bonds. The van der Waals surface area contributed by atoms with Crippen LogP contribution in [0.2, 0.25) is 0 Å². The lowest BCUT2D eigenvalue weighted by atomic mass is 9.98. The molecule has 5 heteroatoms. The van der Waals surface area contributed by atoms with Crippen LogP contribution < -0.4 is 10.9 Å². The molecule has 0 aliphatic carbocycles. The number of para-hydroxylation sites is 1. The number of nitrogens with zero attached hydrogens (tertiary/aromatic N) is 2. The van der Waals surface area contributed by atoms with Gasteiger partial charge in [-0.2, -0.15) is 9.78 Å². The first-order valence-electron chi connectivity index (χ1n) is 9.29. The van der Waals surface area contributed by atoms with Crippen LogP contribution in [0.1, 0.15) is 27.7 Å². The minimum atomic E-state index is -0.354. The summed E-state index contributed by atoms with van der Waals surface area (Å²) in [5, 5.41) is 7.32. The van der Waals surface area contributed by atoms with Crippen LogP contribution in [-0.4, -0.2) is 15.7 Å². The van der Waals surface area contributed by atoms with Gasteiger partial charge in [-0.3, -0.25) is 9.59 Å². The molecule has 0 saturated carbocycles. The fourth-order valence-electron chi connectivity index (χ4n) is 3.14. The first kappa shape index (κ1) is 18.4. The van der Waals surface area contributed by atoms with Crippen LogP contribution in [0, 0.1) is 0 Å². The monoisotopic (exact) mass is 381 g/mol. The van der Waals surface area contributed by atoms with Gasteiger partial charge in [0.05, 0.1) is 11.7 Å². The maximum absolute atomic E-state index is 13.0. The summed E-state index contributed by atoms with van der Waals surface area (Å²) in [4.78, 5) is 25.2. The minimum Gasteiger partial charge on any atom is -0.340 e. The molecule has 0 radical (unpaired) electrons. The molecule has 3 aromatic carbocycles. The van der Waals surface area contributed by atoms with Crippen molar-refractivity contribution in [1.29, 1.82) is 0 Å². The zero-order chi connectivity index (χ0) is 20.1.